The molecule has 1 heterocycles. The number of allylic oxidation sites excluding steroid dienone is 1. The second-order valence-corrected chi connectivity index (χ2v) is 10.4. The van der Waals surface area contributed by atoms with E-state index >= 15 is 0 Å². The predicted octanol–water partition coefficient (Wildman–Crippen LogP) is 7.51. The molecule has 1 aromatic heterocycles. The molecule has 0 spiro atoms. The minimum Gasteiger partial charge on any atom is -0.273 e. The molecule has 2 nitrogen and oxygen atoms in total. The van der Waals surface area contributed by atoms with Gasteiger partial charge < -0.3 is 0 Å². The standard InChI is InChI=1S/C24H38N2.C2H6/c1-18-8-11-24(4,22(16-18)10-15-26-14-5-13-25-26)21-9-12-23(3)19(2)6-7-20(23)17-21;1-2/h5,13-14,18,20-22H,2,6-12,15-17H2,1,3-4H3;1-2H3. The molecule has 4 rings (SSSR count). The first-order valence-electron chi connectivity index (χ1n) is 12.1. The predicted molar refractivity (Wildman–Crippen MR) is 120 cm³/mol. The fourth-order valence-electron chi connectivity index (χ4n) is 6.87. The van der Waals surface area contributed by atoms with E-state index in [0.717, 1.165) is 30.2 Å². The Morgan fingerprint density at radius 3 is 2.61 bits per heavy atom. The van der Waals surface area contributed by atoms with Gasteiger partial charge in [0.05, 0.1) is 0 Å². The van der Waals surface area contributed by atoms with Crippen LogP contribution in [0.1, 0.15) is 92.4 Å². The van der Waals surface area contributed by atoms with E-state index in [4.69, 9.17) is 0 Å². The summed E-state index contributed by atoms with van der Waals surface area (Å²) in [6.45, 7) is 17.2. The van der Waals surface area contributed by atoms with Gasteiger partial charge in [-0.15, -0.1) is 0 Å². The maximum Gasteiger partial charge on any atom is 0.0489 e. The maximum atomic E-state index is 4.45. The molecule has 3 aliphatic rings. The fraction of sp³-hybridized carbons (Fsp3) is 0.808. The molecule has 0 aliphatic heterocycles. The molecule has 3 fully saturated rings. The van der Waals surface area contributed by atoms with E-state index in [2.05, 4.69) is 49.4 Å². The number of fused-ring (bicyclic) bond motifs is 1. The molecule has 3 saturated carbocycles. The number of nitrogens with zero attached hydrogens (tertiary/aromatic N) is 2. The topological polar surface area (TPSA) is 17.8 Å². The summed E-state index contributed by atoms with van der Waals surface area (Å²) in [6.07, 6.45) is 16.6. The number of rotatable bonds is 4. The third-order valence-corrected chi connectivity index (χ3v) is 9.08. The monoisotopic (exact) mass is 384 g/mol. The molecule has 3 aliphatic carbocycles. The highest BCUT2D eigenvalue weighted by Gasteiger charge is 2.51. The van der Waals surface area contributed by atoms with Gasteiger partial charge in [-0.2, -0.15) is 5.10 Å². The van der Waals surface area contributed by atoms with Crippen molar-refractivity contribution < 1.29 is 0 Å². The first-order chi connectivity index (χ1) is 13.4. The average Bonchev–Trinajstić information content (AvgIpc) is 3.32. The second kappa shape index (κ2) is 8.76. The van der Waals surface area contributed by atoms with Gasteiger partial charge in [0.15, 0.2) is 0 Å². The summed E-state index contributed by atoms with van der Waals surface area (Å²) in [5.41, 5.74) is 2.54. The summed E-state index contributed by atoms with van der Waals surface area (Å²) in [5.74, 6) is 3.57. The van der Waals surface area contributed by atoms with Gasteiger partial charge in [-0.3, -0.25) is 4.68 Å². The highest BCUT2D eigenvalue weighted by Crippen LogP contribution is 2.61. The number of hydrogen-bond donors (Lipinski definition) is 0. The normalized spacial score (nSPS) is 40.5. The lowest BCUT2D eigenvalue weighted by Gasteiger charge is -2.53. The third-order valence-electron chi connectivity index (χ3n) is 9.08. The van der Waals surface area contributed by atoms with Crippen LogP contribution in [-0.4, -0.2) is 9.78 Å². The summed E-state index contributed by atoms with van der Waals surface area (Å²) in [5, 5.41) is 4.45. The molecule has 28 heavy (non-hydrogen) atoms. The van der Waals surface area contributed by atoms with Crippen LogP contribution >= 0.6 is 0 Å². The minimum atomic E-state index is 0.458. The van der Waals surface area contributed by atoms with Crippen LogP contribution in [0, 0.1) is 34.5 Å². The van der Waals surface area contributed by atoms with Crippen LogP contribution in [0.2, 0.25) is 0 Å². The third kappa shape index (κ3) is 3.98. The molecule has 6 atom stereocenters. The first-order valence-corrected chi connectivity index (χ1v) is 12.1. The maximum absolute atomic E-state index is 4.45. The number of aromatic nitrogens is 2. The average molecular weight is 385 g/mol. The van der Waals surface area contributed by atoms with Gasteiger partial charge in [-0.05, 0) is 91.9 Å². The SMILES string of the molecule is C=C1CCC2CC(C3(C)CCC(C)CC3CCn3cccn3)CCC12C.CC. The van der Waals surface area contributed by atoms with Crippen molar-refractivity contribution in [1.29, 1.82) is 0 Å². The highest BCUT2D eigenvalue weighted by atomic mass is 15.3. The molecule has 0 bridgehead atoms. The van der Waals surface area contributed by atoms with Crippen molar-refractivity contribution in [3.63, 3.8) is 0 Å². The van der Waals surface area contributed by atoms with Gasteiger partial charge in [-0.25, -0.2) is 0 Å². The van der Waals surface area contributed by atoms with Gasteiger partial charge in [-0.1, -0.05) is 53.2 Å². The van der Waals surface area contributed by atoms with Crippen molar-refractivity contribution >= 4 is 0 Å². The van der Waals surface area contributed by atoms with E-state index in [9.17, 15) is 0 Å². The zero-order valence-electron chi connectivity index (χ0n) is 19.2. The summed E-state index contributed by atoms with van der Waals surface area (Å²) in [6, 6.07) is 2.05. The van der Waals surface area contributed by atoms with Crippen LogP contribution in [0.4, 0.5) is 0 Å². The Morgan fingerprint density at radius 2 is 1.89 bits per heavy atom. The molecule has 0 aromatic carbocycles. The van der Waals surface area contributed by atoms with Crippen molar-refractivity contribution in [1.82, 2.24) is 9.78 Å². The van der Waals surface area contributed by atoms with Crippen LogP contribution in [0.25, 0.3) is 0 Å². The van der Waals surface area contributed by atoms with E-state index < -0.39 is 0 Å². The lowest BCUT2D eigenvalue weighted by Crippen LogP contribution is -2.44. The summed E-state index contributed by atoms with van der Waals surface area (Å²) in [4.78, 5) is 0. The van der Waals surface area contributed by atoms with Crippen LogP contribution in [0.5, 0.6) is 0 Å². The van der Waals surface area contributed by atoms with Crippen LogP contribution in [0.15, 0.2) is 30.6 Å². The lowest BCUT2D eigenvalue weighted by molar-refractivity contribution is -0.0293. The zero-order chi connectivity index (χ0) is 20.4. The highest BCUT2D eigenvalue weighted by molar-refractivity contribution is 5.19. The molecule has 6 unspecified atom stereocenters. The Bertz CT molecular complexity index is 633. The fourth-order valence-corrected chi connectivity index (χ4v) is 6.87. The van der Waals surface area contributed by atoms with E-state index in [-0.39, 0.29) is 0 Å². The lowest BCUT2D eigenvalue weighted by atomic mass is 9.52. The molecule has 0 radical (unpaired) electrons. The minimum absolute atomic E-state index is 0.458. The molecular formula is C26H44N2. The Morgan fingerprint density at radius 1 is 1.11 bits per heavy atom. The van der Waals surface area contributed by atoms with E-state index in [1.165, 1.54) is 57.8 Å². The molecular weight excluding hydrogens is 340 g/mol. The Labute approximate surface area is 174 Å². The number of aryl methyl sites for hydroxylation is 1. The van der Waals surface area contributed by atoms with Crippen molar-refractivity contribution in [3.05, 3.63) is 30.6 Å². The summed E-state index contributed by atoms with van der Waals surface area (Å²) in [7, 11) is 0. The summed E-state index contributed by atoms with van der Waals surface area (Å²) >= 11 is 0. The van der Waals surface area contributed by atoms with Crippen molar-refractivity contribution in [2.75, 3.05) is 0 Å². The van der Waals surface area contributed by atoms with Crippen molar-refractivity contribution in [3.8, 4) is 0 Å². The van der Waals surface area contributed by atoms with Crippen molar-refractivity contribution in [2.45, 2.75) is 99.0 Å². The molecule has 1 aromatic rings. The Hall–Kier alpha value is -1.05. The van der Waals surface area contributed by atoms with Gasteiger partial charge in [0.1, 0.15) is 0 Å². The van der Waals surface area contributed by atoms with Crippen LogP contribution < -0.4 is 0 Å². The van der Waals surface area contributed by atoms with Gasteiger partial charge in [0.2, 0.25) is 0 Å². The van der Waals surface area contributed by atoms with Crippen molar-refractivity contribution in [2.24, 2.45) is 34.5 Å². The van der Waals surface area contributed by atoms with Gasteiger partial charge >= 0.3 is 0 Å². The van der Waals surface area contributed by atoms with E-state index in [0.29, 0.717) is 10.8 Å². The first kappa shape index (κ1) is 21.7. The van der Waals surface area contributed by atoms with Crippen LogP contribution in [0.3, 0.4) is 0 Å². The Kier molecular flexibility index (Phi) is 6.77. The van der Waals surface area contributed by atoms with E-state index in [1.54, 1.807) is 5.57 Å². The van der Waals surface area contributed by atoms with Crippen LogP contribution in [-0.2, 0) is 6.54 Å². The zero-order valence-corrected chi connectivity index (χ0v) is 19.2. The molecule has 0 saturated heterocycles. The number of hydrogen-bond acceptors (Lipinski definition) is 1. The molecule has 158 valence electrons. The van der Waals surface area contributed by atoms with Gasteiger partial charge in [0, 0.05) is 18.9 Å². The Balaban J connectivity index is 0.00000109. The van der Waals surface area contributed by atoms with E-state index in [1.807, 2.05) is 20.0 Å². The largest absolute Gasteiger partial charge is 0.273 e. The summed E-state index contributed by atoms with van der Waals surface area (Å²) < 4.78 is 2.14. The van der Waals surface area contributed by atoms with Gasteiger partial charge in [0.25, 0.3) is 0 Å². The second-order valence-electron chi connectivity index (χ2n) is 10.4. The molecule has 2 heteroatoms. The smallest absolute Gasteiger partial charge is 0.0489 e. The molecule has 0 amide bonds. The quantitative estimate of drug-likeness (QED) is 0.491. The molecule has 0 N–H and O–H groups in total.